The van der Waals surface area contributed by atoms with Gasteiger partial charge >= 0.3 is 0 Å². The lowest BCUT2D eigenvalue weighted by molar-refractivity contribution is -0.131. The van der Waals surface area contributed by atoms with Crippen LogP contribution >= 0.6 is 0 Å². The summed E-state index contributed by atoms with van der Waals surface area (Å²) in [5.41, 5.74) is 0.961. The molecule has 1 N–H and O–H groups in total. The Morgan fingerprint density at radius 1 is 1.47 bits per heavy atom. The third kappa shape index (κ3) is 2.58. The Bertz CT molecular complexity index is 406. The zero-order valence-corrected chi connectivity index (χ0v) is 10.3. The fourth-order valence-electron chi connectivity index (χ4n) is 2.06. The van der Waals surface area contributed by atoms with Crippen LogP contribution in [0.2, 0.25) is 0 Å². The number of nitrogens with zero attached hydrogens (tertiary/aromatic N) is 1. The Balaban J connectivity index is 2.26. The molecule has 0 saturated carbocycles. The van der Waals surface area contributed by atoms with Crippen LogP contribution in [-0.4, -0.2) is 38.1 Å². The molecule has 1 aromatic rings. The number of methoxy groups -OCH3 is 1. The fourth-order valence-corrected chi connectivity index (χ4v) is 2.06. The van der Waals surface area contributed by atoms with Crippen LogP contribution in [0.25, 0.3) is 0 Å². The average Bonchev–Trinajstić information content (AvgIpc) is 2.53. The molecule has 4 nitrogen and oxygen atoms in total. The molecule has 0 bridgehead atoms. The summed E-state index contributed by atoms with van der Waals surface area (Å²) in [4.78, 5) is 13.9. The van der Waals surface area contributed by atoms with Crippen LogP contribution in [0.3, 0.4) is 0 Å². The van der Waals surface area contributed by atoms with Gasteiger partial charge in [0, 0.05) is 13.6 Å². The molecule has 1 unspecified atom stereocenters. The van der Waals surface area contributed by atoms with Crippen LogP contribution < -0.4 is 10.1 Å². The van der Waals surface area contributed by atoms with Gasteiger partial charge in [-0.25, -0.2) is 0 Å². The molecule has 1 heterocycles. The van der Waals surface area contributed by atoms with Crippen molar-refractivity contribution in [1.82, 2.24) is 10.2 Å². The van der Waals surface area contributed by atoms with Gasteiger partial charge in [0.15, 0.2) is 0 Å². The van der Waals surface area contributed by atoms with Crippen LogP contribution in [0.4, 0.5) is 0 Å². The van der Waals surface area contributed by atoms with Gasteiger partial charge in [0.25, 0.3) is 0 Å². The second-order valence-electron chi connectivity index (χ2n) is 4.28. The van der Waals surface area contributed by atoms with E-state index in [4.69, 9.17) is 4.74 Å². The Morgan fingerprint density at radius 2 is 2.29 bits per heavy atom. The highest BCUT2D eigenvalue weighted by Gasteiger charge is 2.25. The van der Waals surface area contributed by atoms with Crippen molar-refractivity contribution in [3.05, 3.63) is 29.8 Å². The number of benzene rings is 1. The number of hydrogen-bond acceptors (Lipinski definition) is 3. The van der Waals surface area contributed by atoms with Gasteiger partial charge in [0.1, 0.15) is 11.8 Å². The third-order valence-corrected chi connectivity index (χ3v) is 3.07. The first-order valence-electron chi connectivity index (χ1n) is 5.84. The SMILES string of the molecule is COc1cccc(C2NCCCN(C)C2=O)c1. The van der Waals surface area contributed by atoms with Gasteiger partial charge in [-0.05, 0) is 30.7 Å². The van der Waals surface area contributed by atoms with Crippen molar-refractivity contribution in [1.29, 1.82) is 0 Å². The lowest BCUT2D eigenvalue weighted by Crippen LogP contribution is -2.35. The number of carbonyl (C=O) groups excluding carboxylic acids is 1. The second kappa shape index (κ2) is 5.19. The van der Waals surface area contributed by atoms with Gasteiger partial charge in [0.2, 0.25) is 5.91 Å². The lowest BCUT2D eigenvalue weighted by Gasteiger charge is -2.20. The molecule has 2 rings (SSSR count). The minimum Gasteiger partial charge on any atom is -0.497 e. The minimum absolute atomic E-state index is 0.121. The molecular weight excluding hydrogens is 216 g/mol. The largest absolute Gasteiger partial charge is 0.497 e. The highest BCUT2D eigenvalue weighted by Crippen LogP contribution is 2.21. The standard InChI is InChI=1S/C13H18N2O2/c1-15-8-4-7-14-12(13(15)16)10-5-3-6-11(9-10)17-2/h3,5-6,9,12,14H,4,7-8H2,1-2H3. The predicted octanol–water partition coefficient (Wildman–Crippen LogP) is 1.19. The van der Waals surface area contributed by atoms with Crippen LogP contribution in [-0.2, 0) is 4.79 Å². The molecule has 1 fully saturated rings. The number of ether oxygens (including phenoxy) is 1. The Labute approximate surface area is 102 Å². The lowest BCUT2D eigenvalue weighted by atomic mass is 10.1. The molecule has 1 atom stereocenters. The molecular formula is C13H18N2O2. The molecule has 0 aliphatic carbocycles. The van der Waals surface area contributed by atoms with E-state index in [2.05, 4.69) is 5.32 Å². The van der Waals surface area contributed by atoms with Gasteiger partial charge in [-0.1, -0.05) is 12.1 Å². The van der Waals surface area contributed by atoms with Crippen molar-refractivity contribution < 1.29 is 9.53 Å². The molecule has 17 heavy (non-hydrogen) atoms. The van der Waals surface area contributed by atoms with Crippen molar-refractivity contribution in [2.24, 2.45) is 0 Å². The summed E-state index contributed by atoms with van der Waals surface area (Å²) in [6.07, 6.45) is 0.989. The van der Waals surface area contributed by atoms with E-state index < -0.39 is 0 Å². The highest BCUT2D eigenvalue weighted by molar-refractivity contribution is 5.83. The van der Waals surface area contributed by atoms with E-state index in [1.54, 1.807) is 12.0 Å². The van der Waals surface area contributed by atoms with Gasteiger partial charge in [-0.3, -0.25) is 4.79 Å². The van der Waals surface area contributed by atoms with E-state index in [-0.39, 0.29) is 11.9 Å². The maximum absolute atomic E-state index is 12.2. The summed E-state index contributed by atoms with van der Waals surface area (Å²) < 4.78 is 5.19. The first-order chi connectivity index (χ1) is 8.22. The summed E-state index contributed by atoms with van der Waals surface area (Å²) >= 11 is 0. The van der Waals surface area contributed by atoms with E-state index in [0.29, 0.717) is 0 Å². The molecule has 1 saturated heterocycles. The molecule has 4 heteroatoms. The van der Waals surface area contributed by atoms with Crippen LogP contribution in [0, 0.1) is 0 Å². The van der Waals surface area contributed by atoms with Gasteiger partial charge < -0.3 is 15.0 Å². The van der Waals surface area contributed by atoms with Crippen LogP contribution in [0.1, 0.15) is 18.0 Å². The van der Waals surface area contributed by atoms with E-state index >= 15 is 0 Å². The van der Waals surface area contributed by atoms with E-state index in [1.165, 1.54) is 0 Å². The van der Waals surface area contributed by atoms with E-state index in [1.807, 2.05) is 31.3 Å². The van der Waals surface area contributed by atoms with E-state index in [9.17, 15) is 4.79 Å². The number of amides is 1. The van der Waals surface area contributed by atoms with Crippen molar-refractivity contribution in [3.8, 4) is 5.75 Å². The van der Waals surface area contributed by atoms with Gasteiger partial charge in [-0.2, -0.15) is 0 Å². The zero-order valence-electron chi connectivity index (χ0n) is 10.3. The maximum Gasteiger partial charge on any atom is 0.244 e. The summed E-state index contributed by atoms with van der Waals surface area (Å²) in [5.74, 6) is 0.903. The quantitative estimate of drug-likeness (QED) is 0.835. The molecule has 0 spiro atoms. The molecule has 0 radical (unpaired) electrons. The average molecular weight is 234 g/mol. The monoisotopic (exact) mass is 234 g/mol. The zero-order chi connectivity index (χ0) is 12.3. The summed E-state index contributed by atoms with van der Waals surface area (Å²) in [6, 6.07) is 7.41. The van der Waals surface area contributed by atoms with Gasteiger partial charge in [-0.15, -0.1) is 0 Å². The number of carbonyl (C=O) groups is 1. The first-order valence-corrected chi connectivity index (χ1v) is 5.84. The summed E-state index contributed by atoms with van der Waals surface area (Å²) in [5, 5.41) is 3.28. The number of likely N-dealkylation sites (N-methyl/N-ethyl adjacent to an activating group) is 1. The predicted molar refractivity (Wildman–Crippen MR) is 66.0 cm³/mol. The minimum atomic E-state index is -0.252. The molecule has 1 aliphatic rings. The normalized spacial score (nSPS) is 21.2. The van der Waals surface area contributed by atoms with E-state index in [0.717, 1.165) is 30.8 Å². The fraction of sp³-hybridized carbons (Fsp3) is 0.462. The van der Waals surface area contributed by atoms with Crippen molar-refractivity contribution in [2.45, 2.75) is 12.5 Å². The number of rotatable bonds is 2. The second-order valence-corrected chi connectivity index (χ2v) is 4.28. The number of nitrogens with one attached hydrogen (secondary N) is 1. The topological polar surface area (TPSA) is 41.6 Å². The summed E-state index contributed by atoms with van der Waals surface area (Å²) in [6.45, 7) is 1.67. The van der Waals surface area contributed by atoms with Crippen LogP contribution in [0.15, 0.2) is 24.3 Å². The third-order valence-electron chi connectivity index (χ3n) is 3.07. The molecule has 1 aromatic carbocycles. The van der Waals surface area contributed by atoms with Crippen molar-refractivity contribution >= 4 is 5.91 Å². The summed E-state index contributed by atoms with van der Waals surface area (Å²) in [7, 11) is 3.48. The van der Waals surface area contributed by atoms with Crippen molar-refractivity contribution in [3.63, 3.8) is 0 Å². The number of hydrogen-bond donors (Lipinski definition) is 1. The van der Waals surface area contributed by atoms with Crippen LogP contribution in [0.5, 0.6) is 5.75 Å². The Hall–Kier alpha value is -1.55. The molecule has 1 amide bonds. The molecule has 1 aliphatic heterocycles. The molecule has 0 aromatic heterocycles. The highest BCUT2D eigenvalue weighted by atomic mass is 16.5. The smallest absolute Gasteiger partial charge is 0.244 e. The Kier molecular flexibility index (Phi) is 3.64. The van der Waals surface area contributed by atoms with Crippen molar-refractivity contribution in [2.75, 3.05) is 27.2 Å². The first kappa shape index (κ1) is 11.9. The Morgan fingerprint density at radius 3 is 3.06 bits per heavy atom. The maximum atomic E-state index is 12.2. The molecule has 92 valence electrons. The van der Waals surface area contributed by atoms with Gasteiger partial charge in [0.05, 0.1) is 7.11 Å².